The third kappa shape index (κ3) is 5.07. The maximum Gasteiger partial charge on any atom is 0.251 e. The highest BCUT2D eigenvalue weighted by Gasteiger charge is 2.10. The summed E-state index contributed by atoms with van der Waals surface area (Å²) in [5, 5.41) is 13.1. The number of anilines is 1. The Morgan fingerprint density at radius 2 is 1.97 bits per heavy atom. The van der Waals surface area contributed by atoms with Gasteiger partial charge in [0.2, 0.25) is 0 Å². The number of H-pyrrole nitrogens is 1. The predicted octanol–water partition coefficient (Wildman–Crippen LogP) is 4.29. The van der Waals surface area contributed by atoms with Crippen LogP contribution in [0.15, 0.2) is 67.0 Å². The van der Waals surface area contributed by atoms with E-state index in [0.717, 1.165) is 11.3 Å². The highest BCUT2D eigenvalue weighted by Crippen LogP contribution is 2.17. The molecule has 0 saturated carbocycles. The Morgan fingerprint density at radius 1 is 1.12 bits per heavy atom. The van der Waals surface area contributed by atoms with Crippen LogP contribution >= 0.6 is 0 Å². The number of carbonyl (C=O) groups is 1. The van der Waals surface area contributed by atoms with E-state index in [2.05, 4.69) is 30.8 Å². The number of halogens is 1. The molecule has 9 heteroatoms. The lowest BCUT2D eigenvalue weighted by atomic mass is 10.1. The number of rotatable bonds is 8. The molecule has 0 radical (unpaired) electrons. The Hall–Kier alpha value is -4.27. The van der Waals surface area contributed by atoms with Gasteiger partial charge in [0.25, 0.3) is 5.91 Å². The zero-order chi connectivity index (χ0) is 22.3. The lowest BCUT2D eigenvalue weighted by Gasteiger charge is -2.09. The second kappa shape index (κ2) is 9.69. The highest BCUT2D eigenvalue weighted by molar-refractivity contribution is 5.95. The summed E-state index contributed by atoms with van der Waals surface area (Å²) in [5.74, 6) is 0.933. The quantitative estimate of drug-likeness (QED) is 0.379. The molecular formula is C23H27FN6O2. The zero-order valence-corrected chi connectivity index (χ0v) is 17.3. The summed E-state index contributed by atoms with van der Waals surface area (Å²) in [4.78, 5) is 21.0. The zero-order valence-electron chi connectivity index (χ0n) is 17.3. The van der Waals surface area contributed by atoms with E-state index < -0.39 is 5.82 Å². The van der Waals surface area contributed by atoms with E-state index in [4.69, 9.17) is 4.74 Å². The number of carbonyl (C=O) groups excluding carboxylic acids is 1. The van der Waals surface area contributed by atoms with Crippen LogP contribution in [0.4, 0.5) is 10.1 Å². The molecule has 0 aliphatic rings. The standard InChI is InChI=1S/C23H21FN6O2.3H2/c1-32-19-6-5-17(20(24)12-19)13-27-23(31)16-3-2-4-18(11-16)26-14-21-28-22(30-29-21)15-7-9-25-10-8-15;;;/h2-12,26H,13-14H2,1H3,(H,27,31)(H,28,29,30);3*1H. The molecule has 0 bridgehead atoms. The number of aromatic amines is 1. The maximum atomic E-state index is 14.1. The van der Waals surface area contributed by atoms with Crippen molar-refractivity contribution < 1.29 is 18.2 Å². The van der Waals surface area contributed by atoms with Crippen LogP contribution in [0.25, 0.3) is 11.4 Å². The minimum absolute atomic E-state index is 0. The summed E-state index contributed by atoms with van der Waals surface area (Å²) in [5.41, 5.74) is 2.45. The first-order chi connectivity index (χ1) is 15.6. The van der Waals surface area contributed by atoms with Crippen molar-refractivity contribution in [3.05, 3.63) is 89.8 Å². The highest BCUT2D eigenvalue weighted by atomic mass is 19.1. The van der Waals surface area contributed by atoms with Crippen molar-refractivity contribution in [2.24, 2.45) is 0 Å². The predicted molar refractivity (Wildman–Crippen MR) is 124 cm³/mol. The van der Waals surface area contributed by atoms with Crippen LogP contribution in [-0.2, 0) is 13.1 Å². The Labute approximate surface area is 188 Å². The van der Waals surface area contributed by atoms with E-state index in [1.165, 1.54) is 13.2 Å². The van der Waals surface area contributed by atoms with Gasteiger partial charge in [0.05, 0.1) is 13.7 Å². The number of amides is 1. The number of hydrogen-bond acceptors (Lipinski definition) is 6. The smallest absolute Gasteiger partial charge is 0.251 e. The molecule has 0 unspecified atom stereocenters. The van der Waals surface area contributed by atoms with Gasteiger partial charge in [0, 0.05) is 51.7 Å². The van der Waals surface area contributed by atoms with Gasteiger partial charge in [-0.05, 0) is 36.4 Å². The van der Waals surface area contributed by atoms with E-state index in [-0.39, 0.29) is 16.7 Å². The van der Waals surface area contributed by atoms with Gasteiger partial charge in [-0.2, -0.15) is 5.10 Å². The molecule has 4 rings (SSSR count). The van der Waals surface area contributed by atoms with Crippen LogP contribution in [-0.4, -0.2) is 33.2 Å². The number of nitrogens with one attached hydrogen (secondary N) is 3. The van der Waals surface area contributed by atoms with E-state index in [0.29, 0.717) is 35.1 Å². The molecule has 4 aromatic rings. The van der Waals surface area contributed by atoms with Crippen molar-refractivity contribution in [2.45, 2.75) is 13.1 Å². The first-order valence-electron chi connectivity index (χ1n) is 9.88. The van der Waals surface area contributed by atoms with E-state index in [9.17, 15) is 9.18 Å². The fourth-order valence-electron chi connectivity index (χ4n) is 3.04. The molecule has 8 nitrogen and oxygen atoms in total. The molecule has 0 aliphatic heterocycles. The SMILES string of the molecule is COc1ccc(CNC(=O)c2cccc(NCc3nc(-c4ccncc4)n[nH]3)c2)c(F)c1.[HH].[HH].[HH]. The summed E-state index contributed by atoms with van der Waals surface area (Å²) >= 11 is 0. The Balaban J connectivity index is 0.00000204. The van der Waals surface area contributed by atoms with Crippen LogP contribution in [0.5, 0.6) is 5.75 Å². The molecule has 1 amide bonds. The minimum atomic E-state index is -0.432. The Morgan fingerprint density at radius 3 is 2.75 bits per heavy atom. The van der Waals surface area contributed by atoms with Crippen molar-refractivity contribution in [2.75, 3.05) is 12.4 Å². The largest absolute Gasteiger partial charge is 0.497 e. The monoisotopic (exact) mass is 438 g/mol. The molecule has 2 aromatic carbocycles. The summed E-state index contributed by atoms with van der Waals surface area (Å²) in [6, 6.07) is 15.2. The van der Waals surface area contributed by atoms with Crippen LogP contribution in [0.2, 0.25) is 0 Å². The summed E-state index contributed by atoms with van der Waals surface area (Å²) in [7, 11) is 1.47. The number of hydrogen-bond donors (Lipinski definition) is 3. The van der Waals surface area contributed by atoms with E-state index in [1.807, 2.05) is 18.2 Å². The summed E-state index contributed by atoms with van der Waals surface area (Å²) in [6.45, 7) is 0.475. The van der Waals surface area contributed by atoms with E-state index in [1.54, 1.807) is 42.7 Å². The van der Waals surface area contributed by atoms with Crippen molar-refractivity contribution in [3.8, 4) is 17.1 Å². The molecule has 0 saturated heterocycles. The van der Waals surface area contributed by atoms with Crippen LogP contribution < -0.4 is 15.4 Å². The van der Waals surface area contributed by atoms with Gasteiger partial charge in [-0.1, -0.05) is 12.1 Å². The second-order valence-corrected chi connectivity index (χ2v) is 6.92. The van der Waals surface area contributed by atoms with Crippen molar-refractivity contribution in [1.29, 1.82) is 0 Å². The molecule has 2 heterocycles. The average Bonchev–Trinajstić information content (AvgIpc) is 3.31. The van der Waals surface area contributed by atoms with Gasteiger partial charge in [0.1, 0.15) is 17.4 Å². The molecule has 3 N–H and O–H groups in total. The first-order valence-corrected chi connectivity index (χ1v) is 9.88. The number of ether oxygens (including phenoxy) is 1. The molecular weight excluding hydrogens is 411 g/mol. The fraction of sp³-hybridized carbons (Fsp3) is 0.130. The lowest BCUT2D eigenvalue weighted by Crippen LogP contribution is -2.23. The molecule has 168 valence electrons. The minimum Gasteiger partial charge on any atom is -0.497 e. The van der Waals surface area contributed by atoms with Crippen molar-refractivity contribution in [3.63, 3.8) is 0 Å². The first kappa shape index (κ1) is 21.0. The van der Waals surface area contributed by atoms with Gasteiger partial charge in [-0.25, -0.2) is 9.37 Å². The summed E-state index contributed by atoms with van der Waals surface area (Å²) in [6.07, 6.45) is 3.37. The summed E-state index contributed by atoms with van der Waals surface area (Å²) < 4.78 is 19.1. The van der Waals surface area contributed by atoms with E-state index >= 15 is 0 Å². The molecule has 32 heavy (non-hydrogen) atoms. The number of benzene rings is 2. The fourth-order valence-corrected chi connectivity index (χ4v) is 3.04. The third-order valence-corrected chi connectivity index (χ3v) is 4.75. The number of pyridine rings is 1. The Kier molecular flexibility index (Phi) is 6.35. The van der Waals surface area contributed by atoms with Crippen LogP contribution in [0.1, 0.15) is 26.0 Å². The van der Waals surface area contributed by atoms with Crippen molar-refractivity contribution >= 4 is 11.6 Å². The normalized spacial score (nSPS) is 10.6. The molecule has 0 fully saturated rings. The van der Waals surface area contributed by atoms with Gasteiger partial charge < -0.3 is 15.4 Å². The van der Waals surface area contributed by atoms with Gasteiger partial charge in [-0.3, -0.25) is 14.9 Å². The molecule has 0 aliphatic carbocycles. The molecule has 0 atom stereocenters. The second-order valence-electron chi connectivity index (χ2n) is 6.92. The van der Waals surface area contributed by atoms with Crippen molar-refractivity contribution in [1.82, 2.24) is 25.5 Å². The molecule has 0 spiro atoms. The van der Waals surface area contributed by atoms with Crippen LogP contribution in [0, 0.1) is 5.82 Å². The average molecular weight is 439 g/mol. The number of aromatic nitrogens is 4. The number of nitrogens with zero attached hydrogens (tertiary/aromatic N) is 3. The molecule has 2 aromatic heterocycles. The van der Waals surface area contributed by atoms with Crippen LogP contribution in [0.3, 0.4) is 0 Å². The Bertz CT molecular complexity index is 1230. The topological polar surface area (TPSA) is 105 Å². The van der Waals surface area contributed by atoms with Gasteiger partial charge >= 0.3 is 0 Å². The third-order valence-electron chi connectivity index (χ3n) is 4.75. The van der Waals surface area contributed by atoms with Gasteiger partial charge in [0.15, 0.2) is 5.82 Å². The number of methoxy groups -OCH3 is 1. The maximum absolute atomic E-state index is 14.1. The lowest BCUT2D eigenvalue weighted by molar-refractivity contribution is 0.0950. The van der Waals surface area contributed by atoms with Gasteiger partial charge in [-0.15, -0.1) is 0 Å².